The smallest absolute Gasteiger partial charge is 0.0726 e. The van der Waals surface area contributed by atoms with Crippen molar-refractivity contribution in [1.82, 2.24) is 0 Å². The molecule has 0 saturated carbocycles. The first-order valence-electron chi connectivity index (χ1n) is 24.9. The highest BCUT2D eigenvalue weighted by molar-refractivity contribution is 5.97. The van der Waals surface area contributed by atoms with Gasteiger partial charge in [0.2, 0.25) is 0 Å². The molecule has 1 heteroatoms. The van der Waals surface area contributed by atoms with Gasteiger partial charge in [-0.1, -0.05) is 232 Å². The minimum absolute atomic E-state index is 0.233. The van der Waals surface area contributed by atoms with Crippen molar-refractivity contribution in [3.8, 4) is 77.9 Å². The standard InChI is InChI=1S/C70H49N/c1-69(2)66-43-53(52-31-29-49(30-32-52)47-17-7-4-8-18-47)35-40-60(66)61-41-38-55(44-67(61)69)71(54-36-33-51(34-37-54)50-27-25-48(26-28-50)46-15-5-3-6-16-46)56-39-42-62-59-21-11-14-24-65(59)70(68(62)45-56)63-22-12-9-19-57(63)58-20-10-13-23-64(58)70/h3-45H,1-2H3. The molecule has 0 heterocycles. The van der Waals surface area contributed by atoms with Crippen LogP contribution in [0.15, 0.2) is 261 Å². The molecule has 0 fully saturated rings. The van der Waals surface area contributed by atoms with Crippen molar-refractivity contribution in [2.75, 3.05) is 4.90 Å². The van der Waals surface area contributed by atoms with Crippen molar-refractivity contribution >= 4 is 17.1 Å². The van der Waals surface area contributed by atoms with Crippen molar-refractivity contribution in [2.24, 2.45) is 0 Å². The maximum absolute atomic E-state index is 2.51. The molecule has 0 radical (unpaired) electrons. The van der Waals surface area contributed by atoms with Crippen LogP contribution >= 0.6 is 0 Å². The average molecular weight is 904 g/mol. The Morgan fingerprint density at radius 2 is 0.521 bits per heavy atom. The number of hydrogen-bond donors (Lipinski definition) is 0. The van der Waals surface area contributed by atoms with Crippen molar-refractivity contribution in [3.05, 3.63) is 294 Å². The first-order valence-corrected chi connectivity index (χ1v) is 24.9. The van der Waals surface area contributed by atoms with E-state index in [1.54, 1.807) is 0 Å². The Bertz CT molecular complexity index is 3800. The van der Waals surface area contributed by atoms with Gasteiger partial charge in [0.1, 0.15) is 0 Å². The van der Waals surface area contributed by atoms with Crippen LogP contribution in [0.3, 0.4) is 0 Å². The van der Waals surface area contributed by atoms with Crippen LogP contribution in [0.1, 0.15) is 47.2 Å². The van der Waals surface area contributed by atoms with Gasteiger partial charge in [-0.25, -0.2) is 0 Å². The molecule has 3 aliphatic rings. The van der Waals surface area contributed by atoms with Crippen LogP contribution in [-0.2, 0) is 10.8 Å². The van der Waals surface area contributed by atoms with Crippen molar-refractivity contribution in [2.45, 2.75) is 24.7 Å². The lowest BCUT2D eigenvalue weighted by Gasteiger charge is -2.32. The summed E-state index contributed by atoms with van der Waals surface area (Å²) in [5.41, 5.74) is 28.4. The highest BCUT2D eigenvalue weighted by Gasteiger charge is 2.51. The summed E-state index contributed by atoms with van der Waals surface area (Å²) in [7, 11) is 0. The molecule has 11 aromatic rings. The van der Waals surface area contributed by atoms with Crippen LogP contribution in [0.5, 0.6) is 0 Å². The van der Waals surface area contributed by atoms with E-state index in [0.717, 1.165) is 17.1 Å². The number of anilines is 3. The molecule has 11 aromatic carbocycles. The maximum atomic E-state index is 2.51. The second-order valence-electron chi connectivity index (χ2n) is 20.0. The number of fused-ring (bicyclic) bond motifs is 13. The van der Waals surface area contributed by atoms with Gasteiger partial charge >= 0.3 is 0 Å². The third-order valence-corrected chi connectivity index (χ3v) is 15.9. The van der Waals surface area contributed by atoms with E-state index < -0.39 is 5.41 Å². The molecule has 0 aromatic heterocycles. The molecule has 0 bridgehead atoms. The second kappa shape index (κ2) is 15.9. The normalized spacial score (nSPS) is 13.7. The highest BCUT2D eigenvalue weighted by Crippen LogP contribution is 2.63. The fraction of sp³-hybridized carbons (Fsp3) is 0.0571. The fourth-order valence-electron chi connectivity index (χ4n) is 12.5. The number of nitrogens with zero attached hydrogens (tertiary/aromatic N) is 1. The van der Waals surface area contributed by atoms with E-state index in [9.17, 15) is 0 Å². The first kappa shape index (κ1) is 41.2. The molecule has 0 amide bonds. The Hall–Kier alpha value is -8.78. The summed E-state index contributed by atoms with van der Waals surface area (Å²) in [6, 6.07) is 97.2. The van der Waals surface area contributed by atoms with Crippen LogP contribution in [0.2, 0.25) is 0 Å². The first-order chi connectivity index (χ1) is 34.9. The monoisotopic (exact) mass is 903 g/mol. The van der Waals surface area contributed by atoms with Crippen LogP contribution in [-0.4, -0.2) is 0 Å². The molecule has 0 unspecified atom stereocenters. The van der Waals surface area contributed by atoms with Gasteiger partial charge in [-0.3, -0.25) is 0 Å². The molecule has 1 nitrogen and oxygen atoms in total. The molecular weight excluding hydrogens is 855 g/mol. The molecule has 0 saturated heterocycles. The lowest BCUT2D eigenvalue weighted by atomic mass is 9.70. The molecular formula is C70H49N. The van der Waals surface area contributed by atoms with E-state index in [-0.39, 0.29) is 5.41 Å². The topological polar surface area (TPSA) is 3.24 Å². The third kappa shape index (κ3) is 6.26. The molecule has 1 spiro atoms. The highest BCUT2D eigenvalue weighted by atomic mass is 15.1. The molecule has 334 valence electrons. The second-order valence-corrected chi connectivity index (χ2v) is 20.0. The van der Waals surface area contributed by atoms with E-state index >= 15 is 0 Å². The van der Waals surface area contributed by atoms with Crippen LogP contribution in [0.4, 0.5) is 17.1 Å². The zero-order chi connectivity index (χ0) is 47.3. The largest absolute Gasteiger partial charge is 0.310 e. The van der Waals surface area contributed by atoms with Gasteiger partial charge in [-0.05, 0) is 154 Å². The summed E-state index contributed by atoms with van der Waals surface area (Å²) in [6.45, 7) is 4.80. The van der Waals surface area contributed by atoms with Gasteiger partial charge in [0.25, 0.3) is 0 Å². The molecule has 3 aliphatic carbocycles. The molecule has 71 heavy (non-hydrogen) atoms. The SMILES string of the molecule is CC1(C)c2cc(-c3ccc(-c4ccccc4)cc3)ccc2-c2ccc(N(c3ccc(-c4ccc(-c5ccccc5)cc4)cc3)c3ccc4c(c3)C3(c5ccccc5-c5ccccc53)c3ccccc3-4)cc21. The number of rotatable bonds is 7. The predicted molar refractivity (Wildman–Crippen MR) is 297 cm³/mol. The van der Waals surface area contributed by atoms with Gasteiger partial charge in [-0.2, -0.15) is 0 Å². The molecule has 0 atom stereocenters. The zero-order valence-corrected chi connectivity index (χ0v) is 39.8. The van der Waals surface area contributed by atoms with Gasteiger partial charge in [-0.15, -0.1) is 0 Å². The molecule has 14 rings (SSSR count). The summed E-state index contributed by atoms with van der Waals surface area (Å²) in [5.74, 6) is 0. The van der Waals surface area contributed by atoms with E-state index in [4.69, 9.17) is 0 Å². The minimum Gasteiger partial charge on any atom is -0.310 e. The third-order valence-electron chi connectivity index (χ3n) is 15.9. The van der Waals surface area contributed by atoms with Gasteiger partial charge in [0.05, 0.1) is 5.41 Å². The lowest BCUT2D eigenvalue weighted by molar-refractivity contribution is 0.660. The minimum atomic E-state index is -0.447. The summed E-state index contributed by atoms with van der Waals surface area (Å²) >= 11 is 0. The van der Waals surface area contributed by atoms with E-state index in [2.05, 4.69) is 280 Å². The molecule has 0 N–H and O–H groups in total. The summed E-state index contributed by atoms with van der Waals surface area (Å²) in [6.07, 6.45) is 0. The Balaban J connectivity index is 0.900. The summed E-state index contributed by atoms with van der Waals surface area (Å²) in [5, 5.41) is 0. The fourth-order valence-corrected chi connectivity index (χ4v) is 12.5. The Kier molecular flexibility index (Phi) is 9.22. The van der Waals surface area contributed by atoms with Crippen molar-refractivity contribution < 1.29 is 0 Å². The number of hydrogen-bond acceptors (Lipinski definition) is 1. The van der Waals surface area contributed by atoms with Gasteiger partial charge in [0, 0.05) is 22.5 Å². The van der Waals surface area contributed by atoms with Gasteiger partial charge < -0.3 is 4.90 Å². The van der Waals surface area contributed by atoms with Crippen LogP contribution < -0.4 is 4.90 Å². The van der Waals surface area contributed by atoms with Crippen molar-refractivity contribution in [1.29, 1.82) is 0 Å². The van der Waals surface area contributed by atoms with Crippen molar-refractivity contribution in [3.63, 3.8) is 0 Å². The quantitative estimate of drug-likeness (QED) is 0.154. The number of benzene rings is 11. The Morgan fingerprint density at radius 1 is 0.225 bits per heavy atom. The summed E-state index contributed by atoms with van der Waals surface area (Å²) < 4.78 is 0. The predicted octanol–water partition coefficient (Wildman–Crippen LogP) is 18.5. The van der Waals surface area contributed by atoms with E-state index in [1.165, 1.54) is 111 Å². The Morgan fingerprint density at radius 3 is 0.986 bits per heavy atom. The average Bonchev–Trinajstić information content (AvgIpc) is 3.99. The zero-order valence-electron chi connectivity index (χ0n) is 39.8. The van der Waals surface area contributed by atoms with Crippen LogP contribution in [0, 0.1) is 0 Å². The van der Waals surface area contributed by atoms with E-state index in [1.807, 2.05) is 0 Å². The van der Waals surface area contributed by atoms with Gasteiger partial charge in [0.15, 0.2) is 0 Å². The van der Waals surface area contributed by atoms with Crippen LogP contribution in [0.25, 0.3) is 77.9 Å². The maximum Gasteiger partial charge on any atom is 0.0726 e. The summed E-state index contributed by atoms with van der Waals surface area (Å²) in [4.78, 5) is 2.49. The lowest BCUT2D eigenvalue weighted by Crippen LogP contribution is -2.26. The Labute approximate surface area is 416 Å². The van der Waals surface area contributed by atoms with E-state index in [0.29, 0.717) is 0 Å². The molecule has 0 aliphatic heterocycles.